The highest BCUT2D eigenvalue weighted by molar-refractivity contribution is 5.70. The normalized spacial score (nSPS) is 14.2. The zero-order chi connectivity index (χ0) is 13.0. The molecule has 0 saturated heterocycles. The largest absolute Gasteiger partial charge is 0.429 e. The van der Waals surface area contributed by atoms with Gasteiger partial charge in [0.1, 0.15) is 11.6 Å². The highest BCUT2D eigenvalue weighted by Gasteiger charge is 2.12. The topological polar surface area (TPSA) is 50.1 Å². The molecule has 3 nitrogen and oxygen atoms in total. The fourth-order valence-corrected chi connectivity index (χ4v) is 1.84. The van der Waals surface area contributed by atoms with Crippen molar-refractivity contribution in [2.24, 2.45) is 0 Å². The molecule has 0 saturated carbocycles. The van der Waals surface area contributed by atoms with Crippen molar-refractivity contribution in [3.63, 3.8) is 0 Å². The van der Waals surface area contributed by atoms with E-state index in [4.69, 9.17) is 5.26 Å². The molecule has 2 rings (SSSR count). The Morgan fingerprint density at radius 1 is 1.33 bits per heavy atom. The standard InChI is InChI=1S/C14H10FNO2/c15-14-7-12(18-9-17)5-6-13(14)11-3-1-10(8-16)2-4-11/h1,3,5-7,9H,2,4H2. The summed E-state index contributed by atoms with van der Waals surface area (Å²) in [7, 11) is 0. The van der Waals surface area contributed by atoms with E-state index >= 15 is 0 Å². The van der Waals surface area contributed by atoms with Gasteiger partial charge in [0.05, 0.1) is 6.07 Å². The van der Waals surface area contributed by atoms with Crippen LogP contribution in [0.1, 0.15) is 18.4 Å². The van der Waals surface area contributed by atoms with Crippen LogP contribution in [0.3, 0.4) is 0 Å². The predicted octanol–water partition coefficient (Wildman–Crippen LogP) is 2.99. The molecular formula is C14H10FNO2. The van der Waals surface area contributed by atoms with E-state index in [9.17, 15) is 9.18 Å². The number of nitrogens with zero attached hydrogens (tertiary/aromatic N) is 1. The second-order valence-electron chi connectivity index (χ2n) is 3.85. The number of hydrogen-bond donors (Lipinski definition) is 0. The second-order valence-corrected chi connectivity index (χ2v) is 3.85. The van der Waals surface area contributed by atoms with Gasteiger partial charge < -0.3 is 4.74 Å². The molecule has 0 heterocycles. The van der Waals surface area contributed by atoms with E-state index in [-0.39, 0.29) is 12.2 Å². The quantitative estimate of drug-likeness (QED) is 0.767. The van der Waals surface area contributed by atoms with E-state index in [1.165, 1.54) is 12.1 Å². The van der Waals surface area contributed by atoms with Crippen LogP contribution in [-0.2, 0) is 4.79 Å². The number of hydrogen-bond acceptors (Lipinski definition) is 3. The van der Waals surface area contributed by atoms with Crippen LogP contribution >= 0.6 is 0 Å². The summed E-state index contributed by atoms with van der Waals surface area (Å²) in [4.78, 5) is 10.1. The second kappa shape index (κ2) is 5.28. The summed E-state index contributed by atoms with van der Waals surface area (Å²) in [6.07, 6.45) is 4.70. The van der Waals surface area contributed by atoms with Crippen LogP contribution in [0.25, 0.3) is 5.57 Å². The lowest BCUT2D eigenvalue weighted by Crippen LogP contribution is -1.96. The number of rotatable bonds is 3. The highest BCUT2D eigenvalue weighted by atomic mass is 19.1. The summed E-state index contributed by atoms with van der Waals surface area (Å²) in [6, 6.07) is 6.37. The van der Waals surface area contributed by atoms with Crippen molar-refractivity contribution in [1.29, 1.82) is 5.26 Å². The molecule has 1 aromatic rings. The number of ether oxygens (including phenoxy) is 1. The van der Waals surface area contributed by atoms with Crippen LogP contribution in [0.15, 0.2) is 35.9 Å². The maximum Gasteiger partial charge on any atom is 0.298 e. The lowest BCUT2D eigenvalue weighted by atomic mass is 9.93. The molecule has 0 fully saturated rings. The van der Waals surface area contributed by atoms with Gasteiger partial charge >= 0.3 is 0 Å². The lowest BCUT2D eigenvalue weighted by molar-refractivity contribution is -0.120. The maximum absolute atomic E-state index is 13.8. The van der Waals surface area contributed by atoms with Crippen molar-refractivity contribution < 1.29 is 13.9 Å². The molecule has 18 heavy (non-hydrogen) atoms. The highest BCUT2D eigenvalue weighted by Crippen LogP contribution is 2.29. The lowest BCUT2D eigenvalue weighted by Gasteiger charge is -2.12. The zero-order valence-electron chi connectivity index (χ0n) is 9.52. The Labute approximate surface area is 104 Å². The Hall–Kier alpha value is -2.41. The number of carbonyl (C=O) groups is 1. The minimum Gasteiger partial charge on any atom is -0.429 e. The number of benzene rings is 1. The molecular weight excluding hydrogens is 233 g/mol. The monoisotopic (exact) mass is 243 g/mol. The summed E-state index contributed by atoms with van der Waals surface area (Å²) in [5, 5.41) is 8.73. The summed E-state index contributed by atoms with van der Waals surface area (Å²) in [5.74, 6) is -0.259. The first kappa shape index (κ1) is 12.1. The molecule has 0 bridgehead atoms. The van der Waals surface area contributed by atoms with E-state index in [1.807, 2.05) is 0 Å². The Morgan fingerprint density at radius 3 is 2.72 bits per heavy atom. The first-order valence-electron chi connectivity index (χ1n) is 5.44. The Balaban J connectivity index is 2.30. The molecule has 0 atom stereocenters. The van der Waals surface area contributed by atoms with Crippen molar-refractivity contribution in [3.05, 3.63) is 47.3 Å². The van der Waals surface area contributed by atoms with E-state index in [0.29, 0.717) is 24.0 Å². The summed E-state index contributed by atoms with van der Waals surface area (Å²) in [5.41, 5.74) is 2.01. The van der Waals surface area contributed by atoms with Gasteiger partial charge in [0, 0.05) is 17.2 Å². The third kappa shape index (κ3) is 2.46. The van der Waals surface area contributed by atoms with E-state index in [0.717, 1.165) is 5.57 Å². The van der Waals surface area contributed by atoms with Crippen LogP contribution in [0.4, 0.5) is 4.39 Å². The summed E-state index contributed by atoms with van der Waals surface area (Å²) in [6.45, 7) is 0.260. The Kier molecular flexibility index (Phi) is 3.54. The van der Waals surface area contributed by atoms with Gasteiger partial charge in [-0.25, -0.2) is 4.39 Å². The molecule has 1 aromatic carbocycles. The van der Waals surface area contributed by atoms with Gasteiger partial charge in [-0.3, -0.25) is 4.79 Å². The smallest absolute Gasteiger partial charge is 0.298 e. The molecule has 1 aliphatic rings. The van der Waals surface area contributed by atoms with Gasteiger partial charge in [0.2, 0.25) is 0 Å². The predicted molar refractivity (Wildman–Crippen MR) is 64.0 cm³/mol. The molecule has 0 unspecified atom stereocenters. The fourth-order valence-electron chi connectivity index (χ4n) is 1.84. The Bertz CT molecular complexity index is 582. The minimum absolute atomic E-state index is 0.177. The molecule has 0 aliphatic heterocycles. The van der Waals surface area contributed by atoms with Gasteiger partial charge in [-0.2, -0.15) is 5.26 Å². The van der Waals surface area contributed by atoms with E-state index in [2.05, 4.69) is 10.8 Å². The van der Waals surface area contributed by atoms with Gasteiger partial charge in [0.15, 0.2) is 0 Å². The van der Waals surface area contributed by atoms with Crippen LogP contribution in [0.2, 0.25) is 0 Å². The van der Waals surface area contributed by atoms with Gasteiger partial charge in [0.25, 0.3) is 6.47 Å². The maximum atomic E-state index is 13.8. The van der Waals surface area contributed by atoms with Gasteiger partial charge in [-0.1, -0.05) is 6.08 Å². The molecule has 0 spiro atoms. The molecule has 0 aromatic heterocycles. The van der Waals surface area contributed by atoms with Gasteiger partial charge in [-0.05, 0) is 36.6 Å². The van der Waals surface area contributed by atoms with Crippen LogP contribution in [0.5, 0.6) is 5.75 Å². The average Bonchev–Trinajstić information content (AvgIpc) is 2.40. The summed E-state index contributed by atoms with van der Waals surface area (Å²) >= 11 is 0. The number of carbonyl (C=O) groups excluding carboxylic acids is 1. The van der Waals surface area contributed by atoms with Crippen molar-refractivity contribution in [1.82, 2.24) is 0 Å². The fraction of sp³-hybridized carbons (Fsp3) is 0.143. The van der Waals surface area contributed by atoms with Crippen molar-refractivity contribution in [3.8, 4) is 11.8 Å². The number of nitriles is 1. The molecule has 1 aliphatic carbocycles. The summed E-state index contributed by atoms with van der Waals surface area (Å²) < 4.78 is 18.4. The Morgan fingerprint density at radius 2 is 2.17 bits per heavy atom. The van der Waals surface area contributed by atoms with E-state index in [1.54, 1.807) is 18.2 Å². The molecule has 0 N–H and O–H groups in total. The SMILES string of the molecule is N#CC1=CC=C(c2ccc(OC=O)cc2F)CC1. The molecule has 4 heteroatoms. The third-order valence-corrected chi connectivity index (χ3v) is 2.76. The molecule has 0 radical (unpaired) electrons. The van der Waals surface area contributed by atoms with Crippen molar-refractivity contribution in [2.75, 3.05) is 0 Å². The molecule has 90 valence electrons. The number of allylic oxidation sites excluding steroid dienone is 4. The first-order chi connectivity index (χ1) is 8.74. The first-order valence-corrected chi connectivity index (χ1v) is 5.44. The van der Waals surface area contributed by atoms with Crippen LogP contribution in [-0.4, -0.2) is 6.47 Å². The average molecular weight is 243 g/mol. The van der Waals surface area contributed by atoms with E-state index < -0.39 is 5.82 Å². The van der Waals surface area contributed by atoms with Crippen LogP contribution < -0.4 is 4.74 Å². The number of halogens is 1. The third-order valence-electron chi connectivity index (χ3n) is 2.76. The van der Waals surface area contributed by atoms with Crippen molar-refractivity contribution >= 4 is 12.0 Å². The van der Waals surface area contributed by atoms with Crippen LogP contribution in [0, 0.1) is 17.1 Å². The van der Waals surface area contributed by atoms with Gasteiger partial charge in [-0.15, -0.1) is 0 Å². The zero-order valence-corrected chi connectivity index (χ0v) is 9.52. The molecule has 0 amide bonds. The van der Waals surface area contributed by atoms with Crippen molar-refractivity contribution in [2.45, 2.75) is 12.8 Å². The minimum atomic E-state index is -0.436.